The van der Waals surface area contributed by atoms with Crippen LogP contribution in [0.15, 0.2) is 0 Å². The Morgan fingerprint density at radius 2 is 1.76 bits per heavy atom. The molecule has 0 aromatic rings. The molecule has 0 radical (unpaired) electrons. The first-order valence-electron chi connectivity index (χ1n) is 7.95. The standard InChI is InChI=1S/C14H25N3O3S/c1-21(19,20)17-8-2-3-12(9-17)15-14(18)16-13(10-4-5-10)11-6-7-11/h10-13H,2-9H2,1H3,(H2,15,16,18). The van der Waals surface area contributed by atoms with Gasteiger partial charge in [-0.1, -0.05) is 0 Å². The van der Waals surface area contributed by atoms with Gasteiger partial charge in [0.1, 0.15) is 0 Å². The van der Waals surface area contributed by atoms with Crippen LogP contribution < -0.4 is 10.6 Å². The lowest BCUT2D eigenvalue weighted by Crippen LogP contribution is -2.53. The molecule has 0 aromatic carbocycles. The van der Waals surface area contributed by atoms with Gasteiger partial charge in [0.25, 0.3) is 0 Å². The zero-order valence-corrected chi connectivity index (χ0v) is 13.4. The molecule has 2 saturated carbocycles. The van der Waals surface area contributed by atoms with Crippen molar-refractivity contribution in [2.24, 2.45) is 11.8 Å². The third-order valence-electron chi connectivity index (χ3n) is 4.75. The van der Waals surface area contributed by atoms with E-state index in [-0.39, 0.29) is 12.1 Å². The van der Waals surface area contributed by atoms with Crippen LogP contribution in [0.5, 0.6) is 0 Å². The van der Waals surface area contributed by atoms with Gasteiger partial charge in [0.15, 0.2) is 0 Å². The van der Waals surface area contributed by atoms with Crippen LogP contribution in [-0.2, 0) is 10.0 Å². The number of amides is 2. The van der Waals surface area contributed by atoms with E-state index in [9.17, 15) is 13.2 Å². The molecule has 1 unspecified atom stereocenters. The molecule has 1 aliphatic heterocycles. The Morgan fingerprint density at radius 3 is 2.29 bits per heavy atom. The monoisotopic (exact) mass is 315 g/mol. The molecular formula is C14H25N3O3S. The van der Waals surface area contributed by atoms with Crippen molar-refractivity contribution in [3.63, 3.8) is 0 Å². The van der Waals surface area contributed by atoms with Crippen molar-refractivity contribution < 1.29 is 13.2 Å². The van der Waals surface area contributed by atoms with Crippen LogP contribution >= 0.6 is 0 Å². The molecule has 0 aromatic heterocycles. The van der Waals surface area contributed by atoms with E-state index in [4.69, 9.17) is 0 Å². The summed E-state index contributed by atoms with van der Waals surface area (Å²) in [5.41, 5.74) is 0. The summed E-state index contributed by atoms with van der Waals surface area (Å²) in [5, 5.41) is 6.08. The molecule has 2 amide bonds. The van der Waals surface area contributed by atoms with Gasteiger partial charge in [-0.15, -0.1) is 0 Å². The van der Waals surface area contributed by atoms with E-state index in [1.807, 2.05) is 0 Å². The van der Waals surface area contributed by atoms with Gasteiger partial charge in [-0.2, -0.15) is 0 Å². The van der Waals surface area contributed by atoms with E-state index in [0.29, 0.717) is 31.0 Å². The second-order valence-corrected chi connectivity index (χ2v) is 8.76. The molecule has 21 heavy (non-hydrogen) atoms. The Labute approximate surface area is 126 Å². The van der Waals surface area contributed by atoms with Crippen LogP contribution in [0.4, 0.5) is 4.79 Å². The topological polar surface area (TPSA) is 78.5 Å². The van der Waals surface area contributed by atoms with E-state index in [1.165, 1.54) is 36.2 Å². The summed E-state index contributed by atoms with van der Waals surface area (Å²) >= 11 is 0. The molecular weight excluding hydrogens is 290 g/mol. The summed E-state index contributed by atoms with van der Waals surface area (Å²) in [6.45, 7) is 0.954. The number of urea groups is 1. The SMILES string of the molecule is CS(=O)(=O)N1CCCC(NC(=O)NC(C2CC2)C2CC2)C1. The van der Waals surface area contributed by atoms with Gasteiger partial charge in [-0.05, 0) is 50.4 Å². The molecule has 120 valence electrons. The third-order valence-corrected chi connectivity index (χ3v) is 6.02. The highest BCUT2D eigenvalue weighted by molar-refractivity contribution is 7.88. The normalized spacial score (nSPS) is 27.6. The summed E-state index contributed by atoms with van der Waals surface area (Å²) in [6.07, 6.45) is 7.79. The largest absolute Gasteiger partial charge is 0.335 e. The average Bonchev–Trinajstić information content (AvgIpc) is 3.27. The quantitative estimate of drug-likeness (QED) is 0.791. The molecule has 0 bridgehead atoms. The highest BCUT2D eigenvalue weighted by Crippen LogP contribution is 2.44. The number of piperidine rings is 1. The number of carbonyl (C=O) groups excluding carboxylic acids is 1. The Balaban J connectivity index is 1.49. The van der Waals surface area contributed by atoms with Crippen LogP contribution in [0.2, 0.25) is 0 Å². The zero-order chi connectivity index (χ0) is 15.0. The molecule has 3 rings (SSSR count). The molecule has 1 atom stereocenters. The Morgan fingerprint density at radius 1 is 1.14 bits per heavy atom. The number of hydrogen-bond donors (Lipinski definition) is 2. The van der Waals surface area contributed by atoms with Crippen molar-refractivity contribution in [1.82, 2.24) is 14.9 Å². The first-order chi connectivity index (χ1) is 9.93. The van der Waals surface area contributed by atoms with Crippen LogP contribution in [0.3, 0.4) is 0 Å². The summed E-state index contributed by atoms with van der Waals surface area (Å²) in [5.74, 6) is 1.34. The lowest BCUT2D eigenvalue weighted by atomic mass is 10.1. The molecule has 3 fully saturated rings. The predicted molar refractivity (Wildman–Crippen MR) is 80.3 cm³/mol. The molecule has 3 aliphatic rings. The minimum Gasteiger partial charge on any atom is -0.335 e. The number of sulfonamides is 1. The maximum Gasteiger partial charge on any atom is 0.315 e. The fourth-order valence-electron chi connectivity index (χ4n) is 3.27. The maximum atomic E-state index is 12.2. The average molecular weight is 315 g/mol. The number of nitrogens with one attached hydrogen (secondary N) is 2. The van der Waals surface area contributed by atoms with Gasteiger partial charge >= 0.3 is 6.03 Å². The van der Waals surface area contributed by atoms with Crippen molar-refractivity contribution >= 4 is 16.1 Å². The fourth-order valence-corrected chi connectivity index (χ4v) is 4.18. The minimum absolute atomic E-state index is 0.0764. The van der Waals surface area contributed by atoms with Crippen molar-refractivity contribution in [3.8, 4) is 0 Å². The predicted octanol–water partition coefficient (Wildman–Crippen LogP) is 0.898. The smallest absolute Gasteiger partial charge is 0.315 e. The summed E-state index contributed by atoms with van der Waals surface area (Å²) in [4.78, 5) is 12.2. The summed E-state index contributed by atoms with van der Waals surface area (Å²) < 4.78 is 24.6. The molecule has 2 aliphatic carbocycles. The van der Waals surface area contributed by atoms with Crippen LogP contribution in [0.25, 0.3) is 0 Å². The van der Waals surface area contributed by atoms with Crippen molar-refractivity contribution in [3.05, 3.63) is 0 Å². The minimum atomic E-state index is -3.16. The zero-order valence-electron chi connectivity index (χ0n) is 12.5. The van der Waals surface area contributed by atoms with Crippen LogP contribution in [0.1, 0.15) is 38.5 Å². The van der Waals surface area contributed by atoms with Crippen LogP contribution in [-0.4, -0.2) is 50.2 Å². The second kappa shape index (κ2) is 5.76. The van der Waals surface area contributed by atoms with Crippen molar-refractivity contribution in [2.45, 2.75) is 50.6 Å². The van der Waals surface area contributed by atoms with E-state index >= 15 is 0 Å². The van der Waals surface area contributed by atoms with Gasteiger partial charge in [0, 0.05) is 25.2 Å². The molecule has 2 N–H and O–H groups in total. The highest BCUT2D eigenvalue weighted by atomic mass is 32.2. The first kappa shape index (κ1) is 15.1. The summed E-state index contributed by atoms with van der Waals surface area (Å²) in [6, 6.07) is 0.131. The fraction of sp³-hybridized carbons (Fsp3) is 0.929. The lowest BCUT2D eigenvalue weighted by molar-refractivity contribution is 0.219. The summed E-state index contributed by atoms with van der Waals surface area (Å²) in [7, 11) is -3.16. The van der Waals surface area contributed by atoms with Crippen LogP contribution in [0, 0.1) is 11.8 Å². The highest BCUT2D eigenvalue weighted by Gasteiger charge is 2.42. The molecule has 0 spiro atoms. The lowest BCUT2D eigenvalue weighted by Gasteiger charge is -2.32. The van der Waals surface area contributed by atoms with E-state index < -0.39 is 10.0 Å². The van der Waals surface area contributed by atoms with Gasteiger partial charge in [0.2, 0.25) is 10.0 Å². The molecule has 6 nitrogen and oxygen atoms in total. The van der Waals surface area contributed by atoms with Gasteiger partial charge in [-0.25, -0.2) is 17.5 Å². The first-order valence-corrected chi connectivity index (χ1v) is 9.80. The van der Waals surface area contributed by atoms with Gasteiger partial charge < -0.3 is 10.6 Å². The maximum absolute atomic E-state index is 12.2. The second-order valence-electron chi connectivity index (χ2n) is 6.78. The van der Waals surface area contributed by atoms with Gasteiger partial charge in [-0.3, -0.25) is 0 Å². The number of carbonyl (C=O) groups is 1. The molecule has 1 heterocycles. The van der Waals surface area contributed by atoms with Gasteiger partial charge in [0.05, 0.1) is 6.26 Å². The van der Waals surface area contributed by atoms with E-state index in [0.717, 1.165) is 12.8 Å². The van der Waals surface area contributed by atoms with E-state index in [1.54, 1.807) is 0 Å². The third kappa shape index (κ3) is 4.10. The molecule has 1 saturated heterocycles. The van der Waals surface area contributed by atoms with Crippen molar-refractivity contribution in [1.29, 1.82) is 0 Å². The Bertz CT molecular complexity index is 488. The number of nitrogens with zero attached hydrogens (tertiary/aromatic N) is 1. The Kier molecular flexibility index (Phi) is 4.14. The van der Waals surface area contributed by atoms with E-state index in [2.05, 4.69) is 10.6 Å². The molecule has 7 heteroatoms. The number of rotatable bonds is 5. The van der Waals surface area contributed by atoms with Crippen molar-refractivity contribution in [2.75, 3.05) is 19.3 Å². The Hall–Kier alpha value is -0.820. The number of hydrogen-bond acceptors (Lipinski definition) is 3.